The summed E-state index contributed by atoms with van der Waals surface area (Å²) in [5.41, 5.74) is -0.319. The third-order valence-corrected chi connectivity index (χ3v) is 10.2. The van der Waals surface area contributed by atoms with E-state index in [0.29, 0.717) is 42.9 Å². The van der Waals surface area contributed by atoms with E-state index >= 15 is 0 Å². The molecule has 6 nitrogen and oxygen atoms in total. The highest BCUT2D eigenvalue weighted by atomic mass is 19.4. The number of nitrogens with zero attached hydrogens (tertiary/aromatic N) is 2. The largest absolute Gasteiger partial charge is 0.504 e. The second kappa shape index (κ2) is 8.36. The number of halogens is 3. The maximum Gasteiger partial charge on any atom is 0.416 e. The zero-order chi connectivity index (χ0) is 27.3. The van der Waals surface area contributed by atoms with Crippen LogP contribution in [0.15, 0.2) is 36.4 Å². The Balaban J connectivity index is 1.22. The number of carbonyl (C=O) groups is 1. The van der Waals surface area contributed by atoms with Crippen molar-refractivity contribution in [2.45, 2.75) is 80.3 Å². The standard InChI is InChI=1S/C30H33F3N2O4/c1-34(24(37)14-18-3-2-4-20(13-18)30(31,32)33)21-9-10-29(38)23-15-19-7-8-22(36)26-25(19)28(29,27(21)39-26)11-12-35(23)16-17-5-6-17/h2-4,7-8,13,17,21,23,27,36,38H,5-6,9-12,14-16H2,1H3/t21-,23-,27+,28+,29-/m1/s1. The summed E-state index contributed by atoms with van der Waals surface area (Å²) in [7, 11) is 1.68. The molecule has 3 aliphatic carbocycles. The Hall–Kier alpha value is -2.78. The highest BCUT2D eigenvalue weighted by molar-refractivity contribution is 5.79. The molecule has 2 heterocycles. The molecule has 208 valence electrons. The van der Waals surface area contributed by atoms with Gasteiger partial charge in [0.25, 0.3) is 0 Å². The molecule has 9 heteroatoms. The number of carbonyl (C=O) groups excluding carboxylic acids is 1. The third kappa shape index (κ3) is 3.58. The molecule has 5 atom stereocenters. The van der Waals surface area contributed by atoms with Crippen molar-refractivity contribution in [3.8, 4) is 11.5 Å². The number of phenols is 1. The molecule has 2 aliphatic heterocycles. The van der Waals surface area contributed by atoms with E-state index in [-0.39, 0.29) is 24.1 Å². The second-order valence-corrected chi connectivity index (χ2v) is 12.3. The second-order valence-electron chi connectivity index (χ2n) is 12.3. The van der Waals surface area contributed by atoms with Gasteiger partial charge in [-0.3, -0.25) is 9.69 Å². The van der Waals surface area contributed by atoms with Crippen LogP contribution in [-0.4, -0.2) is 69.8 Å². The van der Waals surface area contributed by atoms with Crippen LogP contribution in [0.3, 0.4) is 0 Å². The highest BCUT2D eigenvalue weighted by Crippen LogP contribution is 2.66. The van der Waals surface area contributed by atoms with Crippen molar-refractivity contribution in [1.29, 1.82) is 0 Å². The Morgan fingerprint density at radius 1 is 1.18 bits per heavy atom. The Kier molecular flexibility index (Phi) is 5.41. The molecule has 0 aromatic heterocycles. The first-order valence-electron chi connectivity index (χ1n) is 13.9. The van der Waals surface area contributed by atoms with Crippen molar-refractivity contribution < 1.29 is 32.9 Å². The fourth-order valence-electron chi connectivity index (χ4n) is 8.19. The summed E-state index contributed by atoms with van der Waals surface area (Å²) in [6.07, 6.45) is -0.396. The van der Waals surface area contributed by atoms with E-state index in [1.165, 1.54) is 25.0 Å². The molecule has 0 unspecified atom stereocenters. The predicted molar refractivity (Wildman–Crippen MR) is 136 cm³/mol. The number of benzene rings is 2. The number of likely N-dealkylation sites (N-methyl/N-ethyl adjacent to an activating group) is 1. The molecule has 39 heavy (non-hydrogen) atoms. The summed E-state index contributed by atoms with van der Waals surface area (Å²) in [6.45, 7) is 1.79. The monoisotopic (exact) mass is 542 g/mol. The number of aromatic hydroxyl groups is 1. The number of hydrogen-bond donors (Lipinski definition) is 2. The van der Waals surface area contributed by atoms with Crippen molar-refractivity contribution >= 4 is 5.91 Å². The van der Waals surface area contributed by atoms with Gasteiger partial charge in [-0.05, 0) is 74.2 Å². The van der Waals surface area contributed by atoms with Gasteiger partial charge in [0.05, 0.1) is 29.0 Å². The quantitative estimate of drug-likeness (QED) is 0.597. The highest BCUT2D eigenvalue weighted by Gasteiger charge is 2.73. The molecule has 7 rings (SSSR count). The van der Waals surface area contributed by atoms with Crippen LogP contribution in [0.1, 0.15) is 54.4 Å². The normalized spacial score (nSPS) is 32.9. The smallest absolute Gasteiger partial charge is 0.416 e. The maximum absolute atomic E-state index is 13.5. The molecule has 2 bridgehead atoms. The zero-order valence-corrected chi connectivity index (χ0v) is 21.9. The minimum absolute atomic E-state index is 0.0374. The Labute approximate surface area is 225 Å². The van der Waals surface area contributed by atoms with E-state index < -0.39 is 34.9 Å². The van der Waals surface area contributed by atoms with E-state index in [1.54, 1.807) is 18.0 Å². The summed E-state index contributed by atoms with van der Waals surface area (Å²) in [4.78, 5) is 17.5. The average Bonchev–Trinajstić information content (AvgIpc) is 3.63. The molecule has 2 saturated carbocycles. The van der Waals surface area contributed by atoms with Gasteiger partial charge in [0, 0.05) is 25.2 Å². The Morgan fingerprint density at radius 2 is 1.97 bits per heavy atom. The van der Waals surface area contributed by atoms with Crippen LogP contribution in [0.25, 0.3) is 0 Å². The minimum atomic E-state index is -4.48. The van der Waals surface area contributed by atoms with Crippen LogP contribution in [-0.2, 0) is 29.2 Å². The van der Waals surface area contributed by atoms with Crippen LogP contribution < -0.4 is 4.74 Å². The van der Waals surface area contributed by atoms with Gasteiger partial charge in [-0.25, -0.2) is 0 Å². The summed E-state index contributed by atoms with van der Waals surface area (Å²) in [5, 5.41) is 23.4. The lowest BCUT2D eigenvalue weighted by Gasteiger charge is -2.64. The first-order chi connectivity index (χ1) is 18.5. The van der Waals surface area contributed by atoms with Gasteiger partial charge in [0.2, 0.25) is 5.91 Å². The van der Waals surface area contributed by atoms with Crippen LogP contribution in [0.4, 0.5) is 13.2 Å². The number of likely N-dealkylation sites (tertiary alicyclic amines) is 1. The molecule has 2 aromatic rings. The zero-order valence-electron chi connectivity index (χ0n) is 21.9. The molecule has 2 N–H and O–H groups in total. The lowest BCUT2D eigenvalue weighted by atomic mass is 9.48. The molecular weight excluding hydrogens is 509 g/mol. The lowest BCUT2D eigenvalue weighted by molar-refractivity contribution is -0.200. The van der Waals surface area contributed by atoms with Crippen molar-refractivity contribution in [2.24, 2.45) is 5.92 Å². The fourth-order valence-corrected chi connectivity index (χ4v) is 8.19. The molecule has 3 fully saturated rings. The van der Waals surface area contributed by atoms with E-state index in [2.05, 4.69) is 4.90 Å². The number of hydrogen-bond acceptors (Lipinski definition) is 5. The van der Waals surface area contributed by atoms with E-state index in [1.807, 2.05) is 6.07 Å². The van der Waals surface area contributed by atoms with Gasteiger partial charge >= 0.3 is 6.18 Å². The number of alkyl halides is 3. The molecule has 5 aliphatic rings. The van der Waals surface area contributed by atoms with Crippen molar-refractivity contribution in [3.05, 3.63) is 58.7 Å². The predicted octanol–water partition coefficient (Wildman–Crippen LogP) is 4.04. The number of phenolic OH excluding ortho intramolecular Hbond substituents is 1. The molecule has 2 aromatic carbocycles. The first-order valence-corrected chi connectivity index (χ1v) is 13.9. The van der Waals surface area contributed by atoms with Crippen molar-refractivity contribution in [3.63, 3.8) is 0 Å². The van der Waals surface area contributed by atoms with Gasteiger partial charge in [-0.2, -0.15) is 13.2 Å². The van der Waals surface area contributed by atoms with Gasteiger partial charge < -0.3 is 19.8 Å². The van der Waals surface area contributed by atoms with Gasteiger partial charge in [0.15, 0.2) is 11.5 Å². The third-order valence-electron chi connectivity index (χ3n) is 10.2. The van der Waals surface area contributed by atoms with Crippen molar-refractivity contribution in [1.82, 2.24) is 9.80 Å². The number of piperidine rings is 1. The minimum Gasteiger partial charge on any atom is -0.504 e. The number of ether oxygens (including phenoxy) is 1. The number of amides is 1. The summed E-state index contributed by atoms with van der Waals surface area (Å²) >= 11 is 0. The lowest BCUT2D eigenvalue weighted by Crippen LogP contribution is -2.78. The molecular formula is C30H33F3N2O4. The van der Waals surface area contributed by atoms with Gasteiger partial charge in [-0.15, -0.1) is 0 Å². The number of rotatable bonds is 5. The van der Waals surface area contributed by atoms with Crippen LogP contribution >= 0.6 is 0 Å². The van der Waals surface area contributed by atoms with E-state index in [0.717, 1.165) is 36.3 Å². The van der Waals surface area contributed by atoms with Crippen LogP contribution in [0, 0.1) is 5.92 Å². The maximum atomic E-state index is 13.5. The van der Waals surface area contributed by atoms with E-state index in [9.17, 15) is 28.2 Å². The first kappa shape index (κ1) is 25.2. The summed E-state index contributed by atoms with van der Waals surface area (Å²) in [6, 6.07) is 8.03. The SMILES string of the molecule is CN(C(=O)Cc1cccc(C(F)(F)F)c1)[C@@H]1CC[C@@]2(O)[C@H]3Cc4ccc(O)c5c4[C@@]2(CCN3CC2CC2)[C@H]1O5. The van der Waals surface area contributed by atoms with Crippen LogP contribution in [0.5, 0.6) is 11.5 Å². The van der Waals surface area contributed by atoms with Gasteiger partial charge in [0.1, 0.15) is 6.10 Å². The average molecular weight is 543 g/mol. The summed E-state index contributed by atoms with van der Waals surface area (Å²) in [5.74, 6) is 0.834. The van der Waals surface area contributed by atoms with Crippen molar-refractivity contribution in [2.75, 3.05) is 20.1 Å². The molecule has 1 saturated heterocycles. The van der Waals surface area contributed by atoms with Gasteiger partial charge in [-0.1, -0.05) is 24.3 Å². The topological polar surface area (TPSA) is 73.2 Å². The van der Waals surface area contributed by atoms with Crippen LogP contribution in [0.2, 0.25) is 0 Å². The van der Waals surface area contributed by atoms with E-state index in [4.69, 9.17) is 4.74 Å². The Morgan fingerprint density at radius 3 is 2.72 bits per heavy atom. The molecule has 0 radical (unpaired) electrons. The Bertz CT molecular complexity index is 1340. The fraction of sp³-hybridized carbons (Fsp3) is 0.567. The number of aliphatic hydroxyl groups is 1. The summed E-state index contributed by atoms with van der Waals surface area (Å²) < 4.78 is 46.2. The molecule has 1 spiro atoms. The molecule has 1 amide bonds.